The van der Waals surface area contributed by atoms with Crippen LogP contribution in [-0.2, 0) is 16.0 Å². The number of aromatic nitrogens is 2. The summed E-state index contributed by atoms with van der Waals surface area (Å²) in [5.74, 6) is 0.942. The molecule has 4 rings (SSSR count). The van der Waals surface area contributed by atoms with Gasteiger partial charge in [0.15, 0.2) is 5.82 Å². The molecular formula is C18H25FN4O2. The van der Waals surface area contributed by atoms with E-state index in [2.05, 4.69) is 9.97 Å². The average Bonchev–Trinajstić information content (AvgIpc) is 3.36. The van der Waals surface area contributed by atoms with Crippen LogP contribution in [0.5, 0.6) is 0 Å². The molecule has 2 aliphatic carbocycles. The summed E-state index contributed by atoms with van der Waals surface area (Å²) in [5, 5.41) is 0. The highest BCUT2D eigenvalue weighted by molar-refractivity contribution is 5.76. The van der Waals surface area contributed by atoms with E-state index in [9.17, 15) is 9.18 Å². The van der Waals surface area contributed by atoms with Gasteiger partial charge < -0.3 is 15.4 Å². The molecule has 0 aromatic carbocycles. The van der Waals surface area contributed by atoms with Gasteiger partial charge in [-0.1, -0.05) is 0 Å². The van der Waals surface area contributed by atoms with Gasteiger partial charge in [0.2, 0.25) is 11.9 Å². The second-order valence-electron chi connectivity index (χ2n) is 8.02. The summed E-state index contributed by atoms with van der Waals surface area (Å²) in [4.78, 5) is 22.2. The standard InChI is InChI=1S/C18H25FN4O2/c19-14-9-21-17(20)22-15(14)5-13-7-18(8-13)10-23(3-4-25-11-18)16(24)6-12-1-2-12/h9,12-13H,1-8,10-11H2,(H2,20,21,22). The number of hydrogen-bond acceptors (Lipinski definition) is 5. The third-order valence-corrected chi connectivity index (χ3v) is 5.71. The predicted octanol–water partition coefficient (Wildman–Crippen LogP) is 1.80. The average molecular weight is 348 g/mol. The Bertz CT molecular complexity index is 658. The molecule has 0 unspecified atom stereocenters. The van der Waals surface area contributed by atoms with Gasteiger partial charge in [-0.2, -0.15) is 0 Å². The fraction of sp³-hybridized carbons (Fsp3) is 0.722. The van der Waals surface area contributed by atoms with Crippen molar-refractivity contribution in [3.05, 3.63) is 17.7 Å². The molecule has 1 aromatic heterocycles. The van der Waals surface area contributed by atoms with E-state index in [1.807, 2.05) is 4.90 Å². The fourth-order valence-electron chi connectivity index (χ4n) is 4.29. The van der Waals surface area contributed by atoms with Crippen LogP contribution in [0.1, 0.15) is 37.8 Å². The summed E-state index contributed by atoms with van der Waals surface area (Å²) >= 11 is 0. The number of anilines is 1. The number of halogens is 1. The number of rotatable bonds is 4. The highest BCUT2D eigenvalue weighted by Gasteiger charge is 2.47. The van der Waals surface area contributed by atoms with Crippen LogP contribution >= 0.6 is 0 Å². The normalized spacial score (nSPS) is 29.3. The lowest BCUT2D eigenvalue weighted by Gasteiger charge is -2.48. The zero-order valence-electron chi connectivity index (χ0n) is 14.4. The van der Waals surface area contributed by atoms with E-state index in [1.165, 1.54) is 12.8 Å². The van der Waals surface area contributed by atoms with Crippen molar-refractivity contribution in [1.82, 2.24) is 14.9 Å². The van der Waals surface area contributed by atoms with Crippen LogP contribution in [0.25, 0.3) is 0 Å². The van der Waals surface area contributed by atoms with Crippen LogP contribution in [0.3, 0.4) is 0 Å². The molecule has 6 nitrogen and oxygen atoms in total. The van der Waals surface area contributed by atoms with Crippen molar-refractivity contribution in [2.24, 2.45) is 17.3 Å². The lowest BCUT2D eigenvalue weighted by atomic mass is 9.61. The lowest BCUT2D eigenvalue weighted by molar-refractivity contribution is -0.134. The highest BCUT2D eigenvalue weighted by atomic mass is 19.1. The predicted molar refractivity (Wildman–Crippen MR) is 90.0 cm³/mol. The molecule has 7 heteroatoms. The Labute approximate surface area is 147 Å². The van der Waals surface area contributed by atoms with Crippen LogP contribution in [-0.4, -0.2) is 47.1 Å². The van der Waals surface area contributed by atoms with Crippen molar-refractivity contribution in [3.8, 4) is 0 Å². The second-order valence-corrected chi connectivity index (χ2v) is 8.02. The molecule has 1 spiro atoms. The van der Waals surface area contributed by atoms with Crippen LogP contribution in [0, 0.1) is 23.1 Å². The highest BCUT2D eigenvalue weighted by Crippen LogP contribution is 2.48. The van der Waals surface area contributed by atoms with Gasteiger partial charge in [0.25, 0.3) is 0 Å². The zero-order chi connectivity index (χ0) is 17.4. The Morgan fingerprint density at radius 1 is 1.40 bits per heavy atom. The van der Waals surface area contributed by atoms with E-state index in [-0.39, 0.29) is 17.3 Å². The molecule has 25 heavy (non-hydrogen) atoms. The Morgan fingerprint density at radius 3 is 2.96 bits per heavy atom. The maximum atomic E-state index is 13.8. The molecule has 0 atom stereocenters. The number of nitrogens with zero attached hydrogens (tertiary/aromatic N) is 3. The molecular weight excluding hydrogens is 323 g/mol. The van der Waals surface area contributed by atoms with Crippen molar-refractivity contribution in [2.75, 3.05) is 32.0 Å². The molecule has 3 fully saturated rings. The van der Waals surface area contributed by atoms with Gasteiger partial charge in [-0.05, 0) is 43.9 Å². The van der Waals surface area contributed by atoms with E-state index in [0.29, 0.717) is 50.1 Å². The SMILES string of the molecule is Nc1ncc(F)c(CC2CC3(COCCN(C(=O)CC4CC4)C3)C2)n1. The largest absolute Gasteiger partial charge is 0.379 e. The minimum absolute atomic E-state index is 0.0232. The Morgan fingerprint density at radius 2 is 2.20 bits per heavy atom. The Kier molecular flexibility index (Phi) is 4.35. The zero-order valence-corrected chi connectivity index (χ0v) is 14.4. The second kappa shape index (κ2) is 6.52. The summed E-state index contributed by atoms with van der Waals surface area (Å²) in [5.41, 5.74) is 5.98. The van der Waals surface area contributed by atoms with Crippen LogP contribution in [0.2, 0.25) is 0 Å². The minimum Gasteiger partial charge on any atom is -0.379 e. The van der Waals surface area contributed by atoms with Gasteiger partial charge in [0.1, 0.15) is 0 Å². The summed E-state index contributed by atoms with van der Waals surface area (Å²) in [7, 11) is 0. The lowest BCUT2D eigenvalue weighted by Crippen LogP contribution is -2.49. The maximum absolute atomic E-state index is 13.8. The quantitative estimate of drug-likeness (QED) is 0.897. The van der Waals surface area contributed by atoms with Crippen molar-refractivity contribution in [3.63, 3.8) is 0 Å². The molecule has 2 N–H and O–H groups in total. The topological polar surface area (TPSA) is 81.3 Å². The fourth-order valence-corrected chi connectivity index (χ4v) is 4.29. The molecule has 3 aliphatic rings. The molecule has 1 amide bonds. The van der Waals surface area contributed by atoms with Gasteiger partial charge in [0, 0.05) is 24.9 Å². The molecule has 1 aromatic rings. The number of nitrogens with two attached hydrogens (primary N) is 1. The van der Waals surface area contributed by atoms with Gasteiger partial charge in [-0.25, -0.2) is 14.4 Å². The first-order valence-electron chi connectivity index (χ1n) is 9.15. The smallest absolute Gasteiger partial charge is 0.222 e. The Balaban J connectivity index is 1.36. The van der Waals surface area contributed by atoms with Crippen LogP contribution in [0.15, 0.2) is 6.20 Å². The number of nitrogen functional groups attached to an aromatic ring is 1. The van der Waals surface area contributed by atoms with Crippen molar-refractivity contribution < 1.29 is 13.9 Å². The third kappa shape index (κ3) is 3.76. The van der Waals surface area contributed by atoms with Crippen LogP contribution < -0.4 is 5.73 Å². The van der Waals surface area contributed by atoms with E-state index in [1.54, 1.807) is 0 Å². The molecule has 1 saturated heterocycles. The van der Waals surface area contributed by atoms with E-state index >= 15 is 0 Å². The van der Waals surface area contributed by atoms with Gasteiger partial charge in [0.05, 0.1) is 25.1 Å². The number of hydrogen-bond donors (Lipinski definition) is 1. The molecule has 136 valence electrons. The van der Waals surface area contributed by atoms with Crippen molar-refractivity contribution >= 4 is 11.9 Å². The summed E-state index contributed by atoms with van der Waals surface area (Å²) < 4.78 is 19.6. The van der Waals surface area contributed by atoms with Gasteiger partial charge in [-0.3, -0.25) is 4.79 Å². The number of carbonyl (C=O) groups is 1. The van der Waals surface area contributed by atoms with Crippen molar-refractivity contribution in [1.29, 1.82) is 0 Å². The molecule has 0 bridgehead atoms. The van der Waals surface area contributed by atoms with Crippen LogP contribution in [0.4, 0.5) is 10.3 Å². The van der Waals surface area contributed by atoms with Gasteiger partial charge in [-0.15, -0.1) is 0 Å². The first-order valence-corrected chi connectivity index (χ1v) is 9.15. The molecule has 2 heterocycles. The van der Waals surface area contributed by atoms with Gasteiger partial charge >= 0.3 is 0 Å². The van der Waals surface area contributed by atoms with Crippen molar-refractivity contribution in [2.45, 2.75) is 38.5 Å². The first kappa shape index (κ1) is 16.7. The molecule has 1 aliphatic heterocycles. The first-order chi connectivity index (χ1) is 12.0. The van der Waals surface area contributed by atoms with E-state index in [0.717, 1.165) is 25.6 Å². The minimum atomic E-state index is -0.395. The number of ether oxygens (including phenoxy) is 1. The molecule has 0 radical (unpaired) electrons. The Hall–Kier alpha value is -1.76. The number of amides is 1. The van der Waals surface area contributed by atoms with E-state index in [4.69, 9.17) is 10.5 Å². The summed E-state index contributed by atoms with van der Waals surface area (Å²) in [6.45, 7) is 2.75. The number of carbonyl (C=O) groups excluding carboxylic acids is 1. The third-order valence-electron chi connectivity index (χ3n) is 5.71. The maximum Gasteiger partial charge on any atom is 0.222 e. The monoisotopic (exact) mass is 348 g/mol. The summed E-state index contributed by atoms with van der Waals surface area (Å²) in [6, 6.07) is 0. The molecule has 2 saturated carbocycles. The summed E-state index contributed by atoms with van der Waals surface area (Å²) in [6.07, 6.45) is 6.64. The van der Waals surface area contributed by atoms with E-state index < -0.39 is 5.82 Å².